The minimum absolute atomic E-state index is 0.330. The normalized spacial score (nSPS) is 13.0. The number of rotatable bonds is 7. The topological polar surface area (TPSA) is 21.3 Å². The molecule has 1 aromatic carbocycles. The summed E-state index contributed by atoms with van der Waals surface area (Å²) in [6.45, 7) is 8.56. The Morgan fingerprint density at radius 3 is 2.56 bits per heavy atom. The lowest BCUT2D eigenvalue weighted by atomic mass is 10.0. The van der Waals surface area contributed by atoms with Crippen LogP contribution in [0, 0.1) is 5.92 Å². The first-order chi connectivity index (χ1) is 8.54. The largest absolute Gasteiger partial charge is 0.380 e. The molecule has 0 amide bonds. The van der Waals surface area contributed by atoms with Crippen LogP contribution in [0.2, 0.25) is 10.0 Å². The van der Waals surface area contributed by atoms with Gasteiger partial charge in [-0.1, -0.05) is 43.1 Å². The summed E-state index contributed by atoms with van der Waals surface area (Å²) in [5.74, 6) is 0.516. The van der Waals surface area contributed by atoms with Crippen LogP contribution in [0.3, 0.4) is 0 Å². The van der Waals surface area contributed by atoms with E-state index in [4.69, 9.17) is 27.9 Å². The summed E-state index contributed by atoms with van der Waals surface area (Å²) < 4.78 is 5.48. The molecule has 0 fully saturated rings. The van der Waals surface area contributed by atoms with E-state index in [-0.39, 0.29) is 0 Å². The highest BCUT2D eigenvalue weighted by atomic mass is 35.5. The molecule has 1 aromatic rings. The fourth-order valence-corrected chi connectivity index (χ4v) is 2.11. The Balaban J connectivity index is 2.55. The molecule has 0 aliphatic rings. The lowest BCUT2D eigenvalue weighted by molar-refractivity contribution is 0.108. The van der Waals surface area contributed by atoms with Crippen molar-refractivity contribution < 1.29 is 4.74 Å². The zero-order valence-corrected chi connectivity index (χ0v) is 12.7. The van der Waals surface area contributed by atoms with Crippen LogP contribution in [-0.4, -0.2) is 19.3 Å². The van der Waals surface area contributed by atoms with Gasteiger partial charge < -0.3 is 10.1 Å². The molecule has 18 heavy (non-hydrogen) atoms. The number of nitrogens with one attached hydrogen (secondary N) is 1. The number of benzene rings is 1. The number of hydrogen-bond donors (Lipinski definition) is 1. The first-order valence-corrected chi connectivity index (χ1v) is 7.05. The van der Waals surface area contributed by atoms with Gasteiger partial charge in [0.1, 0.15) is 0 Å². The summed E-state index contributed by atoms with van der Waals surface area (Å²) in [4.78, 5) is 0. The second-order valence-electron chi connectivity index (χ2n) is 4.63. The SMILES string of the molecule is CCOCC(NCc1ccc(Cl)cc1Cl)C(C)C. The molecule has 4 heteroatoms. The minimum Gasteiger partial charge on any atom is -0.380 e. The lowest BCUT2D eigenvalue weighted by Crippen LogP contribution is -2.37. The summed E-state index contributed by atoms with van der Waals surface area (Å²) in [6, 6.07) is 5.91. The Kier molecular flexibility index (Phi) is 7.02. The van der Waals surface area contributed by atoms with Crippen LogP contribution in [0.1, 0.15) is 26.3 Å². The van der Waals surface area contributed by atoms with Crippen molar-refractivity contribution in [1.29, 1.82) is 0 Å². The van der Waals surface area contributed by atoms with Gasteiger partial charge in [-0.05, 0) is 30.5 Å². The van der Waals surface area contributed by atoms with Crippen molar-refractivity contribution in [2.24, 2.45) is 5.92 Å². The molecule has 0 radical (unpaired) electrons. The van der Waals surface area contributed by atoms with Gasteiger partial charge in [0.25, 0.3) is 0 Å². The van der Waals surface area contributed by atoms with Crippen molar-refractivity contribution >= 4 is 23.2 Å². The smallest absolute Gasteiger partial charge is 0.0622 e. The van der Waals surface area contributed by atoms with E-state index in [0.29, 0.717) is 22.0 Å². The molecule has 0 aromatic heterocycles. The zero-order chi connectivity index (χ0) is 13.5. The van der Waals surface area contributed by atoms with E-state index in [1.54, 1.807) is 6.07 Å². The van der Waals surface area contributed by atoms with Crippen LogP contribution < -0.4 is 5.32 Å². The molecule has 0 aliphatic heterocycles. The highest BCUT2D eigenvalue weighted by molar-refractivity contribution is 6.35. The van der Waals surface area contributed by atoms with Crippen molar-refractivity contribution in [1.82, 2.24) is 5.32 Å². The summed E-state index contributed by atoms with van der Waals surface area (Å²) in [7, 11) is 0. The average molecular weight is 290 g/mol. The van der Waals surface area contributed by atoms with Gasteiger partial charge in [-0.2, -0.15) is 0 Å². The third-order valence-corrected chi connectivity index (χ3v) is 3.46. The van der Waals surface area contributed by atoms with Crippen molar-refractivity contribution in [3.8, 4) is 0 Å². The van der Waals surface area contributed by atoms with Crippen molar-refractivity contribution in [2.45, 2.75) is 33.4 Å². The first kappa shape index (κ1) is 15.8. The quantitative estimate of drug-likeness (QED) is 0.814. The van der Waals surface area contributed by atoms with E-state index >= 15 is 0 Å². The average Bonchev–Trinajstić information content (AvgIpc) is 2.31. The van der Waals surface area contributed by atoms with Gasteiger partial charge in [0.05, 0.1) is 6.61 Å². The predicted molar refractivity (Wildman–Crippen MR) is 78.4 cm³/mol. The van der Waals surface area contributed by atoms with Gasteiger partial charge in [-0.25, -0.2) is 0 Å². The fraction of sp³-hybridized carbons (Fsp3) is 0.571. The summed E-state index contributed by atoms with van der Waals surface area (Å²) in [6.07, 6.45) is 0. The van der Waals surface area contributed by atoms with Crippen LogP contribution in [0.4, 0.5) is 0 Å². The molecule has 1 unspecified atom stereocenters. The molecular formula is C14H21Cl2NO. The van der Waals surface area contributed by atoms with Gasteiger partial charge in [0.2, 0.25) is 0 Å². The summed E-state index contributed by atoms with van der Waals surface area (Å²) in [5, 5.41) is 4.85. The first-order valence-electron chi connectivity index (χ1n) is 6.29. The fourth-order valence-electron chi connectivity index (χ4n) is 1.64. The molecule has 0 bridgehead atoms. The molecule has 102 valence electrons. The Labute approximate surface area is 120 Å². The third-order valence-electron chi connectivity index (χ3n) is 2.88. The second-order valence-corrected chi connectivity index (χ2v) is 5.47. The van der Waals surface area contributed by atoms with E-state index in [9.17, 15) is 0 Å². The third kappa shape index (κ3) is 5.15. The van der Waals surface area contributed by atoms with E-state index < -0.39 is 0 Å². The van der Waals surface area contributed by atoms with E-state index in [1.165, 1.54) is 0 Å². The Morgan fingerprint density at radius 1 is 1.28 bits per heavy atom. The molecule has 2 nitrogen and oxygen atoms in total. The number of ether oxygens (including phenoxy) is 1. The van der Waals surface area contributed by atoms with Gasteiger partial charge in [0.15, 0.2) is 0 Å². The maximum absolute atomic E-state index is 6.14. The van der Waals surface area contributed by atoms with Crippen LogP contribution in [-0.2, 0) is 11.3 Å². The monoisotopic (exact) mass is 289 g/mol. The maximum Gasteiger partial charge on any atom is 0.0622 e. The molecule has 0 heterocycles. The van der Waals surface area contributed by atoms with Gasteiger partial charge >= 0.3 is 0 Å². The van der Waals surface area contributed by atoms with Crippen molar-refractivity contribution in [2.75, 3.05) is 13.2 Å². The van der Waals surface area contributed by atoms with Crippen molar-refractivity contribution in [3.05, 3.63) is 33.8 Å². The van der Waals surface area contributed by atoms with Gasteiger partial charge in [-0.15, -0.1) is 0 Å². The number of hydrogen-bond acceptors (Lipinski definition) is 2. The molecule has 1 rings (SSSR count). The molecule has 0 saturated heterocycles. The summed E-state index contributed by atoms with van der Waals surface area (Å²) in [5.41, 5.74) is 1.06. The zero-order valence-electron chi connectivity index (χ0n) is 11.2. The maximum atomic E-state index is 6.14. The van der Waals surface area contributed by atoms with Crippen LogP contribution in [0.5, 0.6) is 0 Å². The van der Waals surface area contributed by atoms with Gasteiger partial charge in [-0.3, -0.25) is 0 Å². The molecule has 1 atom stereocenters. The highest BCUT2D eigenvalue weighted by Crippen LogP contribution is 2.21. The highest BCUT2D eigenvalue weighted by Gasteiger charge is 2.13. The second kappa shape index (κ2) is 8.00. The van der Waals surface area contributed by atoms with E-state index in [0.717, 1.165) is 25.3 Å². The molecule has 0 spiro atoms. The number of halogens is 2. The lowest BCUT2D eigenvalue weighted by Gasteiger charge is -2.22. The van der Waals surface area contributed by atoms with Gasteiger partial charge in [0, 0.05) is 29.2 Å². The van der Waals surface area contributed by atoms with E-state index in [2.05, 4.69) is 19.2 Å². The van der Waals surface area contributed by atoms with Crippen LogP contribution in [0.15, 0.2) is 18.2 Å². The molecule has 0 saturated carbocycles. The predicted octanol–water partition coefficient (Wildman–Crippen LogP) is 4.14. The Hall–Kier alpha value is -0.280. The summed E-state index contributed by atoms with van der Waals surface area (Å²) >= 11 is 12.0. The molecule has 0 aliphatic carbocycles. The van der Waals surface area contributed by atoms with E-state index in [1.807, 2.05) is 19.1 Å². The Bertz CT molecular complexity index is 369. The van der Waals surface area contributed by atoms with Crippen LogP contribution in [0.25, 0.3) is 0 Å². The molecule has 1 N–H and O–H groups in total. The minimum atomic E-state index is 0.330. The standard InChI is InChI=1S/C14H21Cl2NO/c1-4-18-9-14(10(2)3)17-8-11-5-6-12(15)7-13(11)16/h5-7,10,14,17H,4,8-9H2,1-3H3. The Morgan fingerprint density at radius 2 is 2.00 bits per heavy atom. The van der Waals surface area contributed by atoms with Crippen LogP contribution >= 0.6 is 23.2 Å². The van der Waals surface area contributed by atoms with Crippen molar-refractivity contribution in [3.63, 3.8) is 0 Å². The molecular weight excluding hydrogens is 269 g/mol.